The standard InChI is InChI=1S/C24H21ClN6O3/c25-21-18(11-12-27-22(21)26)34-16-9-10-19(28-14-16)29-23(32)20-17-8-4-5-13-30(17)31(24(20)33)15-6-2-1-3-7-15/h1-3,6-7,9-12,14H,4-5,8,13H2,(H2,26,27)(H,28,29,32). The van der Waals surface area contributed by atoms with Gasteiger partial charge in [-0.3, -0.25) is 14.3 Å². The SMILES string of the molecule is Nc1nccc(Oc2ccc(NC(=O)c3c4n(n(-c5ccccc5)c3=O)CCCC4)nc2)c1Cl. The smallest absolute Gasteiger partial charge is 0.284 e. The zero-order valence-electron chi connectivity index (χ0n) is 18.1. The van der Waals surface area contributed by atoms with Crippen molar-refractivity contribution in [2.75, 3.05) is 11.1 Å². The highest BCUT2D eigenvalue weighted by molar-refractivity contribution is 6.34. The number of nitrogens with one attached hydrogen (secondary N) is 1. The van der Waals surface area contributed by atoms with Gasteiger partial charge in [0.2, 0.25) is 0 Å². The van der Waals surface area contributed by atoms with Gasteiger partial charge in [-0.05, 0) is 43.5 Å². The van der Waals surface area contributed by atoms with Gasteiger partial charge in [0, 0.05) is 18.8 Å². The van der Waals surface area contributed by atoms with Crippen molar-refractivity contribution in [2.45, 2.75) is 25.8 Å². The van der Waals surface area contributed by atoms with Gasteiger partial charge in [-0.15, -0.1) is 0 Å². The molecule has 1 aliphatic heterocycles. The first-order valence-corrected chi connectivity index (χ1v) is 11.2. The van der Waals surface area contributed by atoms with E-state index in [9.17, 15) is 9.59 Å². The van der Waals surface area contributed by atoms with Crippen molar-refractivity contribution < 1.29 is 9.53 Å². The monoisotopic (exact) mass is 476 g/mol. The van der Waals surface area contributed by atoms with E-state index < -0.39 is 5.91 Å². The van der Waals surface area contributed by atoms with Crippen LogP contribution in [-0.2, 0) is 13.0 Å². The Balaban J connectivity index is 1.40. The highest BCUT2D eigenvalue weighted by Gasteiger charge is 2.27. The average molecular weight is 477 g/mol. The van der Waals surface area contributed by atoms with Crippen molar-refractivity contribution in [1.29, 1.82) is 0 Å². The molecule has 4 aromatic rings. The van der Waals surface area contributed by atoms with Gasteiger partial charge in [-0.2, -0.15) is 0 Å². The number of carbonyl (C=O) groups excluding carboxylic acids is 1. The third-order valence-electron chi connectivity index (χ3n) is 5.60. The predicted molar refractivity (Wildman–Crippen MR) is 129 cm³/mol. The largest absolute Gasteiger partial charge is 0.454 e. The van der Waals surface area contributed by atoms with Crippen LogP contribution in [0.25, 0.3) is 5.69 Å². The Hall–Kier alpha value is -4.11. The van der Waals surface area contributed by atoms with Gasteiger partial charge in [0.15, 0.2) is 5.75 Å². The molecule has 34 heavy (non-hydrogen) atoms. The maximum absolute atomic E-state index is 13.3. The molecule has 172 valence electrons. The van der Waals surface area contributed by atoms with Gasteiger partial charge >= 0.3 is 0 Å². The van der Waals surface area contributed by atoms with Gasteiger partial charge in [-0.25, -0.2) is 14.6 Å². The van der Waals surface area contributed by atoms with Crippen molar-refractivity contribution in [2.24, 2.45) is 0 Å². The minimum atomic E-state index is -0.489. The number of aromatic nitrogens is 4. The third-order valence-corrected chi connectivity index (χ3v) is 5.98. The molecule has 0 saturated heterocycles. The Morgan fingerprint density at radius 1 is 1.09 bits per heavy atom. The summed E-state index contributed by atoms with van der Waals surface area (Å²) in [6.07, 6.45) is 5.46. The lowest BCUT2D eigenvalue weighted by Crippen LogP contribution is -2.26. The molecule has 1 aromatic carbocycles. The Morgan fingerprint density at radius 3 is 2.68 bits per heavy atom. The van der Waals surface area contributed by atoms with Crippen molar-refractivity contribution in [3.05, 3.63) is 87.6 Å². The summed E-state index contributed by atoms with van der Waals surface area (Å²) in [6, 6.07) is 14.1. The molecule has 3 aromatic heterocycles. The summed E-state index contributed by atoms with van der Waals surface area (Å²) < 4.78 is 9.19. The number of carbonyl (C=O) groups is 1. The Labute approximate surface area is 199 Å². The van der Waals surface area contributed by atoms with Crippen LogP contribution in [0.4, 0.5) is 11.6 Å². The van der Waals surface area contributed by atoms with Gasteiger partial charge in [0.05, 0.1) is 17.6 Å². The number of hydrogen-bond donors (Lipinski definition) is 2. The first-order chi connectivity index (χ1) is 16.5. The van der Waals surface area contributed by atoms with Crippen LogP contribution in [0.5, 0.6) is 11.5 Å². The van der Waals surface area contributed by atoms with E-state index >= 15 is 0 Å². The summed E-state index contributed by atoms with van der Waals surface area (Å²) >= 11 is 6.11. The lowest BCUT2D eigenvalue weighted by Gasteiger charge is -2.19. The number of anilines is 2. The molecule has 4 heterocycles. The number of benzene rings is 1. The molecular formula is C24H21ClN6O3. The molecule has 5 rings (SSSR count). The zero-order valence-corrected chi connectivity index (χ0v) is 18.8. The summed E-state index contributed by atoms with van der Waals surface area (Å²) in [5.41, 5.74) is 6.96. The van der Waals surface area contributed by atoms with E-state index in [1.807, 2.05) is 35.0 Å². The molecule has 10 heteroatoms. The van der Waals surface area contributed by atoms with Crippen LogP contribution >= 0.6 is 11.6 Å². The van der Waals surface area contributed by atoms with Crippen LogP contribution in [-0.4, -0.2) is 25.2 Å². The fourth-order valence-electron chi connectivity index (χ4n) is 4.03. The highest BCUT2D eigenvalue weighted by Crippen LogP contribution is 2.32. The van der Waals surface area contributed by atoms with E-state index in [1.54, 1.807) is 22.9 Å². The molecule has 0 spiro atoms. The minimum absolute atomic E-state index is 0.143. The highest BCUT2D eigenvalue weighted by atomic mass is 35.5. The Morgan fingerprint density at radius 2 is 1.91 bits per heavy atom. The summed E-state index contributed by atoms with van der Waals surface area (Å²) in [5, 5.41) is 2.94. The molecular weight excluding hydrogens is 456 g/mol. The van der Waals surface area contributed by atoms with Crippen molar-refractivity contribution >= 4 is 29.1 Å². The number of ether oxygens (including phenoxy) is 1. The van der Waals surface area contributed by atoms with Crippen LogP contribution in [0.2, 0.25) is 5.02 Å². The topological polar surface area (TPSA) is 117 Å². The number of nitrogens with two attached hydrogens (primary N) is 1. The van der Waals surface area contributed by atoms with Crippen LogP contribution < -0.4 is 21.3 Å². The second kappa shape index (κ2) is 9.03. The lowest BCUT2D eigenvalue weighted by molar-refractivity contribution is 0.102. The van der Waals surface area contributed by atoms with E-state index in [0.717, 1.165) is 24.2 Å². The summed E-state index contributed by atoms with van der Waals surface area (Å²) in [4.78, 5) is 34.6. The molecule has 0 atom stereocenters. The number of pyridine rings is 2. The maximum atomic E-state index is 13.3. The first kappa shape index (κ1) is 21.7. The number of nitrogen functional groups attached to an aromatic ring is 1. The Bertz CT molecular complexity index is 1410. The first-order valence-electron chi connectivity index (χ1n) is 10.8. The quantitative estimate of drug-likeness (QED) is 0.449. The fraction of sp³-hybridized carbons (Fsp3) is 0.167. The van der Waals surface area contributed by atoms with Crippen molar-refractivity contribution in [3.63, 3.8) is 0 Å². The summed E-state index contributed by atoms with van der Waals surface area (Å²) in [5.74, 6) is 0.705. The number of halogens is 1. The van der Waals surface area contributed by atoms with E-state index in [1.165, 1.54) is 12.4 Å². The molecule has 0 fully saturated rings. The third kappa shape index (κ3) is 4.01. The van der Waals surface area contributed by atoms with Crippen LogP contribution in [0.3, 0.4) is 0 Å². The van der Waals surface area contributed by atoms with E-state index in [2.05, 4.69) is 15.3 Å². The molecule has 3 N–H and O–H groups in total. The average Bonchev–Trinajstić information content (AvgIpc) is 3.15. The second-order valence-corrected chi connectivity index (χ2v) is 8.18. The Kier molecular flexibility index (Phi) is 5.77. The maximum Gasteiger partial charge on any atom is 0.284 e. The van der Waals surface area contributed by atoms with Crippen LogP contribution in [0.1, 0.15) is 28.9 Å². The molecule has 0 bridgehead atoms. The van der Waals surface area contributed by atoms with Crippen LogP contribution in [0.15, 0.2) is 65.7 Å². The number of fused-ring (bicyclic) bond motifs is 1. The molecule has 9 nitrogen and oxygen atoms in total. The van der Waals surface area contributed by atoms with E-state index in [0.29, 0.717) is 30.3 Å². The fourth-order valence-corrected chi connectivity index (χ4v) is 4.18. The van der Waals surface area contributed by atoms with Crippen LogP contribution in [0, 0.1) is 0 Å². The zero-order chi connectivity index (χ0) is 23.7. The second-order valence-electron chi connectivity index (χ2n) is 7.80. The number of nitrogens with zero attached hydrogens (tertiary/aromatic N) is 4. The number of amides is 1. The molecule has 0 radical (unpaired) electrons. The van der Waals surface area contributed by atoms with E-state index in [-0.39, 0.29) is 22.0 Å². The normalized spacial score (nSPS) is 12.7. The van der Waals surface area contributed by atoms with Gasteiger partial charge in [0.25, 0.3) is 11.5 Å². The van der Waals surface area contributed by atoms with Gasteiger partial charge in [-0.1, -0.05) is 29.8 Å². The predicted octanol–water partition coefficient (Wildman–Crippen LogP) is 4.05. The molecule has 0 aliphatic carbocycles. The van der Waals surface area contributed by atoms with Gasteiger partial charge in [0.1, 0.15) is 28.0 Å². The van der Waals surface area contributed by atoms with Gasteiger partial charge < -0.3 is 15.8 Å². The van der Waals surface area contributed by atoms with Crippen molar-refractivity contribution in [3.8, 4) is 17.2 Å². The molecule has 0 saturated carbocycles. The molecule has 1 amide bonds. The summed E-state index contributed by atoms with van der Waals surface area (Å²) in [7, 11) is 0. The lowest BCUT2D eigenvalue weighted by atomic mass is 10.1. The number of rotatable bonds is 5. The van der Waals surface area contributed by atoms with Crippen molar-refractivity contribution in [1.82, 2.24) is 19.3 Å². The minimum Gasteiger partial charge on any atom is -0.454 e. The number of hydrogen-bond acceptors (Lipinski definition) is 6. The number of para-hydroxylation sites is 1. The molecule has 0 unspecified atom stereocenters. The summed E-state index contributed by atoms with van der Waals surface area (Å²) in [6.45, 7) is 0.680. The van der Waals surface area contributed by atoms with E-state index in [4.69, 9.17) is 22.1 Å². The molecule has 1 aliphatic rings.